The fourth-order valence-electron chi connectivity index (χ4n) is 2.71. The smallest absolute Gasteiger partial charge is 0.338 e. The number of esters is 1. The molecule has 0 atom stereocenters. The van der Waals surface area contributed by atoms with Crippen molar-refractivity contribution in [3.8, 4) is 0 Å². The SMILES string of the molecule is CCOC(=O)c1ccc2c(c1)sc(=NC(=O)c1cc(C)n(C)n1)n2CCSC. The maximum absolute atomic E-state index is 12.6. The number of thioether (sulfide) groups is 1. The van der Waals surface area contributed by atoms with Gasteiger partial charge in [-0.1, -0.05) is 11.3 Å². The monoisotopic (exact) mass is 418 g/mol. The van der Waals surface area contributed by atoms with Crippen LogP contribution in [-0.4, -0.2) is 44.8 Å². The average Bonchev–Trinajstić information content (AvgIpc) is 3.19. The molecular weight excluding hydrogens is 396 g/mol. The van der Waals surface area contributed by atoms with Crippen LogP contribution >= 0.6 is 23.1 Å². The zero-order chi connectivity index (χ0) is 20.3. The predicted octanol–water partition coefficient (Wildman–Crippen LogP) is 3.03. The van der Waals surface area contributed by atoms with Crippen molar-refractivity contribution in [1.29, 1.82) is 0 Å². The first-order chi connectivity index (χ1) is 13.4. The first-order valence-corrected chi connectivity index (χ1v) is 11.0. The zero-order valence-corrected chi connectivity index (χ0v) is 17.9. The Kier molecular flexibility index (Phi) is 6.35. The summed E-state index contributed by atoms with van der Waals surface area (Å²) in [6.07, 6.45) is 2.03. The second kappa shape index (κ2) is 8.74. The molecule has 0 N–H and O–H groups in total. The summed E-state index contributed by atoms with van der Waals surface area (Å²) in [5.41, 5.74) is 2.65. The van der Waals surface area contributed by atoms with E-state index < -0.39 is 0 Å². The quantitative estimate of drug-likeness (QED) is 0.575. The molecule has 9 heteroatoms. The summed E-state index contributed by atoms with van der Waals surface area (Å²) in [5, 5.41) is 4.21. The van der Waals surface area contributed by atoms with Crippen LogP contribution in [0.5, 0.6) is 0 Å². The van der Waals surface area contributed by atoms with E-state index in [1.54, 1.807) is 48.6 Å². The molecule has 1 aromatic carbocycles. The number of carbonyl (C=O) groups is 2. The van der Waals surface area contributed by atoms with E-state index in [0.717, 1.165) is 21.7 Å². The largest absolute Gasteiger partial charge is 0.462 e. The van der Waals surface area contributed by atoms with Crippen LogP contribution in [0, 0.1) is 6.92 Å². The highest BCUT2D eigenvalue weighted by Crippen LogP contribution is 2.20. The zero-order valence-electron chi connectivity index (χ0n) is 16.3. The third-order valence-corrected chi connectivity index (χ3v) is 5.87. The topological polar surface area (TPSA) is 78.5 Å². The van der Waals surface area contributed by atoms with Crippen molar-refractivity contribution in [3.05, 3.63) is 46.0 Å². The number of amides is 1. The lowest BCUT2D eigenvalue weighted by molar-refractivity contribution is 0.0526. The van der Waals surface area contributed by atoms with Crippen LogP contribution in [0.1, 0.15) is 33.5 Å². The Hall–Kier alpha value is -2.39. The second-order valence-electron chi connectivity index (χ2n) is 6.14. The molecule has 3 rings (SSSR count). The molecule has 0 saturated carbocycles. The Bertz CT molecular complexity index is 1070. The third-order valence-electron chi connectivity index (χ3n) is 4.24. The highest BCUT2D eigenvalue weighted by molar-refractivity contribution is 7.98. The summed E-state index contributed by atoms with van der Waals surface area (Å²) >= 11 is 3.10. The van der Waals surface area contributed by atoms with Gasteiger partial charge >= 0.3 is 5.97 Å². The molecule has 7 nitrogen and oxygen atoms in total. The van der Waals surface area contributed by atoms with Gasteiger partial charge in [0.15, 0.2) is 10.5 Å². The lowest BCUT2D eigenvalue weighted by atomic mass is 10.2. The highest BCUT2D eigenvalue weighted by Gasteiger charge is 2.14. The number of benzene rings is 1. The molecule has 148 valence electrons. The highest BCUT2D eigenvalue weighted by atomic mass is 32.2. The Morgan fingerprint density at radius 3 is 2.75 bits per heavy atom. The predicted molar refractivity (Wildman–Crippen MR) is 112 cm³/mol. The molecule has 0 bridgehead atoms. The summed E-state index contributed by atoms with van der Waals surface area (Å²) in [6, 6.07) is 7.15. The fraction of sp³-hybridized carbons (Fsp3) is 0.368. The van der Waals surface area contributed by atoms with Crippen LogP contribution in [0.2, 0.25) is 0 Å². The number of thiazole rings is 1. The van der Waals surface area contributed by atoms with Crippen LogP contribution in [0.4, 0.5) is 0 Å². The van der Waals surface area contributed by atoms with E-state index in [9.17, 15) is 9.59 Å². The van der Waals surface area contributed by atoms with Crippen molar-refractivity contribution in [3.63, 3.8) is 0 Å². The van der Waals surface area contributed by atoms with Gasteiger partial charge in [-0.3, -0.25) is 9.48 Å². The normalized spacial score (nSPS) is 11.9. The van der Waals surface area contributed by atoms with Gasteiger partial charge in [0, 0.05) is 25.0 Å². The number of hydrogen-bond donors (Lipinski definition) is 0. The summed E-state index contributed by atoms with van der Waals surface area (Å²) < 4.78 is 9.63. The Morgan fingerprint density at radius 2 is 2.11 bits per heavy atom. The van der Waals surface area contributed by atoms with Gasteiger partial charge in [0.05, 0.1) is 22.4 Å². The maximum Gasteiger partial charge on any atom is 0.338 e. The molecule has 0 saturated heterocycles. The van der Waals surface area contributed by atoms with Crippen molar-refractivity contribution in [2.75, 3.05) is 18.6 Å². The minimum atomic E-state index is -0.376. The number of rotatable bonds is 6. The van der Waals surface area contributed by atoms with Crippen LogP contribution in [0.15, 0.2) is 29.3 Å². The van der Waals surface area contributed by atoms with Gasteiger partial charge in [-0.05, 0) is 44.4 Å². The molecular formula is C19H22N4O3S2. The van der Waals surface area contributed by atoms with Crippen LogP contribution < -0.4 is 4.80 Å². The van der Waals surface area contributed by atoms with Gasteiger partial charge in [-0.15, -0.1) is 0 Å². The van der Waals surface area contributed by atoms with E-state index in [2.05, 4.69) is 10.1 Å². The molecule has 0 fully saturated rings. The van der Waals surface area contributed by atoms with Crippen molar-refractivity contribution in [2.24, 2.45) is 12.0 Å². The number of aromatic nitrogens is 3. The number of aryl methyl sites for hydroxylation is 3. The van der Waals surface area contributed by atoms with Crippen molar-refractivity contribution in [1.82, 2.24) is 14.3 Å². The van der Waals surface area contributed by atoms with E-state index in [0.29, 0.717) is 29.2 Å². The van der Waals surface area contributed by atoms with Gasteiger partial charge < -0.3 is 9.30 Å². The summed E-state index contributed by atoms with van der Waals surface area (Å²) in [6.45, 7) is 4.71. The molecule has 3 aromatic rings. The maximum atomic E-state index is 12.6. The Balaban J connectivity index is 2.08. The summed E-state index contributed by atoms with van der Waals surface area (Å²) in [7, 11) is 1.79. The Morgan fingerprint density at radius 1 is 1.32 bits per heavy atom. The molecule has 0 aliphatic heterocycles. The van der Waals surface area contributed by atoms with Crippen molar-refractivity contribution >= 4 is 45.2 Å². The number of ether oxygens (including phenoxy) is 1. The lowest BCUT2D eigenvalue weighted by Crippen LogP contribution is -2.18. The van der Waals surface area contributed by atoms with Gasteiger partial charge in [0.2, 0.25) is 0 Å². The molecule has 2 aromatic heterocycles. The van der Waals surface area contributed by atoms with E-state index in [-0.39, 0.29) is 11.9 Å². The molecule has 2 heterocycles. The van der Waals surface area contributed by atoms with Gasteiger partial charge in [0.25, 0.3) is 5.91 Å². The number of fused-ring (bicyclic) bond motifs is 1. The van der Waals surface area contributed by atoms with Crippen LogP contribution in [0.3, 0.4) is 0 Å². The molecule has 0 unspecified atom stereocenters. The average molecular weight is 419 g/mol. The van der Waals surface area contributed by atoms with Crippen molar-refractivity contribution in [2.45, 2.75) is 20.4 Å². The van der Waals surface area contributed by atoms with Gasteiger partial charge in [-0.25, -0.2) is 4.79 Å². The lowest BCUT2D eigenvalue weighted by Gasteiger charge is -2.05. The standard InChI is InChI=1S/C19H22N4O3S2/c1-5-26-18(25)13-6-7-15-16(11-13)28-19(23(15)8-9-27-4)20-17(24)14-10-12(2)22(3)21-14/h6-7,10-11H,5,8-9H2,1-4H3. The van der Waals surface area contributed by atoms with E-state index >= 15 is 0 Å². The molecule has 0 aliphatic rings. The molecule has 0 spiro atoms. The molecule has 1 amide bonds. The van der Waals surface area contributed by atoms with Crippen LogP contribution in [-0.2, 0) is 18.3 Å². The number of carbonyl (C=O) groups excluding carboxylic acids is 2. The third kappa shape index (κ3) is 4.20. The molecule has 0 radical (unpaired) electrons. The van der Waals surface area contributed by atoms with Crippen molar-refractivity contribution < 1.29 is 14.3 Å². The minimum absolute atomic E-state index is 0.320. The van der Waals surface area contributed by atoms with Gasteiger partial charge in [-0.2, -0.15) is 21.9 Å². The van der Waals surface area contributed by atoms with Crippen LogP contribution in [0.25, 0.3) is 10.2 Å². The first-order valence-electron chi connectivity index (χ1n) is 8.83. The molecule has 0 aliphatic carbocycles. The summed E-state index contributed by atoms with van der Waals surface area (Å²) in [5.74, 6) is 0.154. The van der Waals surface area contributed by atoms with E-state index in [1.165, 1.54) is 11.3 Å². The fourth-order valence-corrected chi connectivity index (χ4v) is 4.17. The second-order valence-corrected chi connectivity index (χ2v) is 8.14. The first kappa shape index (κ1) is 20.3. The number of hydrogen-bond acceptors (Lipinski definition) is 6. The summed E-state index contributed by atoms with van der Waals surface area (Å²) in [4.78, 5) is 29.6. The van der Waals surface area contributed by atoms with Gasteiger partial charge in [0.1, 0.15) is 0 Å². The van der Waals surface area contributed by atoms with E-state index in [4.69, 9.17) is 4.74 Å². The Labute approximate surface area is 171 Å². The molecule has 28 heavy (non-hydrogen) atoms. The minimum Gasteiger partial charge on any atom is -0.462 e. The van der Waals surface area contributed by atoms with E-state index in [1.807, 2.05) is 23.8 Å². The number of nitrogens with zero attached hydrogens (tertiary/aromatic N) is 4.